The summed E-state index contributed by atoms with van der Waals surface area (Å²) in [5, 5.41) is 5.61. The summed E-state index contributed by atoms with van der Waals surface area (Å²) < 4.78 is 28.8. The molecule has 1 aromatic rings. The molecule has 156 valence electrons. The van der Waals surface area contributed by atoms with Gasteiger partial charge in [-0.1, -0.05) is 18.2 Å². The van der Waals surface area contributed by atoms with Gasteiger partial charge in [-0.3, -0.25) is 14.5 Å². The molecule has 29 heavy (non-hydrogen) atoms. The molecule has 4 amide bonds. The fourth-order valence-electron chi connectivity index (χ4n) is 4.26. The number of alkyl halides is 2. The van der Waals surface area contributed by atoms with Crippen LogP contribution in [0.5, 0.6) is 0 Å². The lowest BCUT2D eigenvalue weighted by Crippen LogP contribution is -2.45. The van der Waals surface area contributed by atoms with Crippen LogP contribution in [0.2, 0.25) is 0 Å². The Labute approximate surface area is 166 Å². The number of nitrogens with one attached hydrogen (secondary N) is 2. The lowest BCUT2D eigenvalue weighted by atomic mass is 9.91. The Morgan fingerprint density at radius 3 is 2.83 bits per heavy atom. The number of halogens is 2. The quantitative estimate of drug-likeness (QED) is 0.677. The van der Waals surface area contributed by atoms with E-state index in [1.165, 1.54) is 0 Å². The van der Waals surface area contributed by atoms with E-state index in [1.807, 2.05) is 6.92 Å². The summed E-state index contributed by atoms with van der Waals surface area (Å²) in [6.45, 7) is -1.48. The second-order valence-corrected chi connectivity index (χ2v) is 7.98. The van der Waals surface area contributed by atoms with Gasteiger partial charge in [0.2, 0.25) is 5.91 Å². The third-order valence-electron chi connectivity index (χ3n) is 5.97. The van der Waals surface area contributed by atoms with Gasteiger partial charge in [-0.2, -0.15) is 8.78 Å². The first-order valence-electron chi connectivity index (χ1n) is 9.75. The average Bonchev–Trinajstić information content (AvgIpc) is 3.43. The fraction of sp³-hybridized carbons (Fsp3) is 0.550. The Bertz CT molecular complexity index is 858. The van der Waals surface area contributed by atoms with Crippen molar-refractivity contribution in [2.75, 3.05) is 6.54 Å². The van der Waals surface area contributed by atoms with E-state index in [4.69, 9.17) is 0 Å². The van der Waals surface area contributed by atoms with Gasteiger partial charge in [0.25, 0.3) is 5.91 Å². The number of hydrogen-bond acceptors (Lipinski definition) is 4. The summed E-state index contributed by atoms with van der Waals surface area (Å²) >= 11 is 0. The number of carbonyl (C=O) groups excluding carboxylic acids is 3. The van der Waals surface area contributed by atoms with Gasteiger partial charge < -0.3 is 15.4 Å². The fourth-order valence-corrected chi connectivity index (χ4v) is 4.26. The Balaban J connectivity index is 1.48. The molecule has 2 fully saturated rings. The lowest BCUT2D eigenvalue weighted by molar-refractivity contribution is -0.137. The maximum Gasteiger partial charge on any atom is 0.345 e. The first-order chi connectivity index (χ1) is 13.8. The van der Waals surface area contributed by atoms with Crippen LogP contribution in [0.1, 0.15) is 42.9 Å². The van der Waals surface area contributed by atoms with Crippen molar-refractivity contribution < 1.29 is 27.9 Å². The third-order valence-corrected chi connectivity index (χ3v) is 5.97. The van der Waals surface area contributed by atoms with Crippen molar-refractivity contribution in [1.82, 2.24) is 15.5 Å². The Hall–Kier alpha value is -2.55. The Morgan fingerprint density at radius 1 is 1.38 bits per heavy atom. The zero-order valence-corrected chi connectivity index (χ0v) is 16.0. The van der Waals surface area contributed by atoms with Crippen LogP contribution in [-0.4, -0.2) is 41.9 Å². The van der Waals surface area contributed by atoms with E-state index in [0.717, 1.165) is 23.3 Å². The van der Waals surface area contributed by atoms with Crippen LogP contribution in [0.15, 0.2) is 18.2 Å². The number of hydrogen-bond donors (Lipinski definition) is 2. The molecule has 2 N–H and O–H groups in total. The molecule has 2 unspecified atom stereocenters. The molecule has 0 aromatic heterocycles. The molecule has 9 heteroatoms. The van der Waals surface area contributed by atoms with Gasteiger partial charge in [0.15, 0.2) is 0 Å². The number of rotatable bonds is 7. The molecule has 1 aliphatic heterocycles. The van der Waals surface area contributed by atoms with Crippen LogP contribution in [0.3, 0.4) is 0 Å². The zero-order chi connectivity index (χ0) is 20.8. The van der Waals surface area contributed by atoms with Crippen molar-refractivity contribution in [3.8, 4) is 0 Å². The second kappa shape index (κ2) is 7.37. The zero-order valence-electron chi connectivity index (χ0n) is 16.0. The van der Waals surface area contributed by atoms with Crippen LogP contribution in [0.4, 0.5) is 13.6 Å². The highest BCUT2D eigenvalue weighted by Gasteiger charge is 2.55. The molecule has 1 aromatic carbocycles. The van der Waals surface area contributed by atoms with Gasteiger partial charge in [0.05, 0.1) is 6.61 Å². The molecule has 0 bridgehead atoms. The minimum Gasteiger partial charge on any atom is -0.352 e. The standard InChI is InChI=1S/C20H23F2N3O4/c1-11(13-3-4-13)23-16(26)9-25-17(27)20(24-19(25)28)7-6-14-8-12(2-5-15(14)20)10-29-18(21)22/h2,5,8,11,13,18H,3-4,6-7,9-10H2,1H3,(H,23,26)(H,24,28). The predicted molar refractivity (Wildman–Crippen MR) is 97.8 cm³/mol. The molecule has 1 spiro atoms. The molecular weight excluding hydrogens is 384 g/mol. The highest BCUT2D eigenvalue weighted by atomic mass is 19.3. The molecule has 7 nitrogen and oxygen atoms in total. The maximum atomic E-state index is 13.1. The van der Waals surface area contributed by atoms with Crippen molar-refractivity contribution in [1.29, 1.82) is 0 Å². The number of aryl methyl sites for hydroxylation is 1. The van der Waals surface area contributed by atoms with E-state index in [9.17, 15) is 23.2 Å². The summed E-state index contributed by atoms with van der Waals surface area (Å²) in [5.41, 5.74) is 0.827. The summed E-state index contributed by atoms with van der Waals surface area (Å²) in [7, 11) is 0. The number of amides is 4. The van der Waals surface area contributed by atoms with Crippen LogP contribution >= 0.6 is 0 Å². The summed E-state index contributed by atoms with van der Waals surface area (Å²) in [5.74, 6) is -0.340. The van der Waals surface area contributed by atoms with Crippen molar-refractivity contribution in [2.45, 2.75) is 57.4 Å². The number of fused-ring (bicyclic) bond motifs is 2. The highest BCUT2D eigenvalue weighted by molar-refractivity contribution is 6.09. The largest absolute Gasteiger partial charge is 0.352 e. The molecule has 0 radical (unpaired) electrons. The lowest BCUT2D eigenvalue weighted by Gasteiger charge is -2.22. The SMILES string of the molecule is CC(NC(=O)CN1C(=O)NC2(CCc3cc(COC(F)F)ccc32)C1=O)C1CC1. The van der Waals surface area contributed by atoms with E-state index in [-0.39, 0.29) is 25.1 Å². The van der Waals surface area contributed by atoms with E-state index in [2.05, 4.69) is 15.4 Å². The second-order valence-electron chi connectivity index (χ2n) is 7.98. The number of carbonyl (C=O) groups is 3. The summed E-state index contributed by atoms with van der Waals surface area (Å²) in [6.07, 6.45) is 3.04. The van der Waals surface area contributed by atoms with Gasteiger partial charge in [0.1, 0.15) is 12.1 Å². The highest BCUT2D eigenvalue weighted by Crippen LogP contribution is 2.41. The Morgan fingerprint density at radius 2 is 2.14 bits per heavy atom. The first kappa shape index (κ1) is 19.8. The molecule has 2 aliphatic carbocycles. The van der Waals surface area contributed by atoms with Crippen molar-refractivity contribution in [3.05, 3.63) is 34.9 Å². The van der Waals surface area contributed by atoms with E-state index < -0.39 is 24.1 Å². The molecule has 1 saturated heterocycles. The smallest absolute Gasteiger partial charge is 0.345 e. The molecule has 1 saturated carbocycles. The maximum absolute atomic E-state index is 13.1. The number of benzene rings is 1. The van der Waals surface area contributed by atoms with E-state index in [1.54, 1.807) is 18.2 Å². The normalized spacial score (nSPS) is 24.2. The topological polar surface area (TPSA) is 87.7 Å². The summed E-state index contributed by atoms with van der Waals surface area (Å²) in [4.78, 5) is 38.8. The van der Waals surface area contributed by atoms with Gasteiger partial charge >= 0.3 is 12.6 Å². The Kier molecular flexibility index (Phi) is 5.02. The third kappa shape index (κ3) is 3.71. The van der Waals surface area contributed by atoms with Gasteiger partial charge in [0, 0.05) is 6.04 Å². The van der Waals surface area contributed by atoms with Gasteiger partial charge in [-0.15, -0.1) is 0 Å². The number of imide groups is 1. The molecule has 3 aliphatic rings. The summed E-state index contributed by atoms with van der Waals surface area (Å²) in [6, 6.07) is 4.43. The molecule has 2 atom stereocenters. The average molecular weight is 407 g/mol. The number of urea groups is 1. The van der Waals surface area contributed by atoms with E-state index in [0.29, 0.717) is 29.9 Å². The first-order valence-corrected chi connectivity index (χ1v) is 9.75. The van der Waals surface area contributed by atoms with Crippen LogP contribution in [0.25, 0.3) is 0 Å². The molecule has 4 rings (SSSR count). The minimum atomic E-state index is -2.85. The minimum absolute atomic E-state index is 0.0262. The monoisotopic (exact) mass is 407 g/mol. The number of nitrogens with zero attached hydrogens (tertiary/aromatic N) is 1. The van der Waals surface area contributed by atoms with Crippen molar-refractivity contribution >= 4 is 17.8 Å². The van der Waals surface area contributed by atoms with Crippen LogP contribution in [-0.2, 0) is 32.9 Å². The molecule has 1 heterocycles. The van der Waals surface area contributed by atoms with Crippen LogP contribution < -0.4 is 10.6 Å². The van der Waals surface area contributed by atoms with Crippen molar-refractivity contribution in [3.63, 3.8) is 0 Å². The van der Waals surface area contributed by atoms with E-state index >= 15 is 0 Å². The van der Waals surface area contributed by atoms with Gasteiger partial charge in [-0.25, -0.2) is 4.79 Å². The van der Waals surface area contributed by atoms with Crippen LogP contribution in [0, 0.1) is 5.92 Å². The molecular formula is C20H23F2N3O4. The van der Waals surface area contributed by atoms with Crippen molar-refractivity contribution in [2.24, 2.45) is 5.92 Å². The predicted octanol–water partition coefficient (Wildman–Crippen LogP) is 2.03. The van der Waals surface area contributed by atoms with Gasteiger partial charge in [-0.05, 0) is 55.2 Å². The number of ether oxygens (including phenoxy) is 1.